The lowest BCUT2D eigenvalue weighted by Crippen LogP contribution is -2.04. The van der Waals surface area contributed by atoms with Gasteiger partial charge in [0.25, 0.3) is 0 Å². The largest absolute Gasteiger partial charge is 0.478 e. The smallest absolute Gasteiger partial charge is 0.336 e. The van der Waals surface area contributed by atoms with Crippen molar-refractivity contribution in [2.75, 3.05) is 5.32 Å². The van der Waals surface area contributed by atoms with E-state index in [1.807, 2.05) is 25.1 Å². The highest BCUT2D eigenvalue weighted by Crippen LogP contribution is 2.21. The van der Waals surface area contributed by atoms with Gasteiger partial charge in [0, 0.05) is 5.69 Å². The number of carboxylic acids is 1. The first-order valence-electron chi connectivity index (χ1n) is 6.46. The molecule has 0 bridgehead atoms. The molecule has 21 heavy (non-hydrogen) atoms. The molecule has 0 fully saturated rings. The van der Waals surface area contributed by atoms with Crippen LogP contribution >= 0.6 is 0 Å². The van der Waals surface area contributed by atoms with Crippen molar-refractivity contribution >= 4 is 23.1 Å². The van der Waals surface area contributed by atoms with E-state index in [4.69, 9.17) is 0 Å². The molecule has 6 heteroatoms. The fourth-order valence-electron chi connectivity index (χ4n) is 2.22. The zero-order valence-electron chi connectivity index (χ0n) is 11.7. The molecule has 2 aromatic heterocycles. The Bertz CT molecular complexity index is 839. The van der Waals surface area contributed by atoms with E-state index in [1.165, 1.54) is 6.33 Å². The number of pyridine rings is 1. The van der Waals surface area contributed by atoms with Crippen LogP contribution in [0.5, 0.6) is 0 Å². The summed E-state index contributed by atoms with van der Waals surface area (Å²) in [7, 11) is 0. The summed E-state index contributed by atoms with van der Waals surface area (Å²) in [4.78, 5) is 15.4. The van der Waals surface area contributed by atoms with E-state index >= 15 is 0 Å². The van der Waals surface area contributed by atoms with Gasteiger partial charge < -0.3 is 10.4 Å². The fourth-order valence-corrected chi connectivity index (χ4v) is 2.22. The second-order valence-corrected chi connectivity index (χ2v) is 4.91. The van der Waals surface area contributed by atoms with Gasteiger partial charge in [0.2, 0.25) is 0 Å². The Kier molecular flexibility index (Phi) is 3.06. The number of benzene rings is 1. The Hall–Kier alpha value is -2.89. The van der Waals surface area contributed by atoms with Crippen molar-refractivity contribution in [1.82, 2.24) is 14.6 Å². The molecule has 0 saturated carbocycles. The minimum absolute atomic E-state index is 0.280. The molecule has 0 atom stereocenters. The first-order valence-corrected chi connectivity index (χ1v) is 6.46. The summed E-state index contributed by atoms with van der Waals surface area (Å²) in [5.74, 6) is -0.200. The van der Waals surface area contributed by atoms with E-state index in [9.17, 15) is 9.90 Å². The van der Waals surface area contributed by atoms with Gasteiger partial charge in [0.15, 0.2) is 5.65 Å². The number of nitrogens with one attached hydrogen (secondary N) is 1. The van der Waals surface area contributed by atoms with Crippen molar-refractivity contribution in [3.8, 4) is 0 Å². The molecule has 0 radical (unpaired) electrons. The number of hydrogen-bond acceptors (Lipinski definition) is 4. The Morgan fingerprint density at radius 1 is 1.24 bits per heavy atom. The standard InChI is InChI=1S/C15H14N4O2/c1-9-5-13-16-8-17-19(13)14(6-9)18-11-4-3-10(2)12(7-11)15(20)21/h3-8,18H,1-2H3,(H,20,21). The average Bonchev–Trinajstić information content (AvgIpc) is 2.88. The maximum atomic E-state index is 11.2. The number of fused-ring (bicyclic) bond motifs is 1. The van der Waals surface area contributed by atoms with Crippen LogP contribution in [-0.4, -0.2) is 25.7 Å². The summed E-state index contributed by atoms with van der Waals surface area (Å²) in [6, 6.07) is 9.09. The van der Waals surface area contributed by atoms with Gasteiger partial charge in [-0.3, -0.25) is 0 Å². The molecule has 6 nitrogen and oxygen atoms in total. The summed E-state index contributed by atoms with van der Waals surface area (Å²) >= 11 is 0. The Balaban J connectivity index is 2.04. The number of aromatic carboxylic acids is 1. The SMILES string of the molecule is Cc1cc(Nc2ccc(C)c(C(=O)O)c2)n2ncnc2c1. The minimum Gasteiger partial charge on any atom is -0.478 e. The molecule has 1 aromatic carbocycles. The first-order chi connectivity index (χ1) is 10.0. The number of anilines is 2. The second-order valence-electron chi connectivity index (χ2n) is 4.91. The van der Waals surface area contributed by atoms with Crippen molar-refractivity contribution in [1.29, 1.82) is 0 Å². The third kappa shape index (κ3) is 2.43. The summed E-state index contributed by atoms with van der Waals surface area (Å²) in [5, 5.41) is 16.5. The van der Waals surface area contributed by atoms with Crippen LogP contribution in [0.1, 0.15) is 21.5 Å². The van der Waals surface area contributed by atoms with E-state index in [0.29, 0.717) is 5.69 Å². The molecule has 0 aliphatic carbocycles. The van der Waals surface area contributed by atoms with Crippen LogP contribution in [0.3, 0.4) is 0 Å². The van der Waals surface area contributed by atoms with Crippen LogP contribution in [0.4, 0.5) is 11.5 Å². The second kappa shape index (κ2) is 4.90. The van der Waals surface area contributed by atoms with Gasteiger partial charge in [0.1, 0.15) is 12.1 Å². The number of carboxylic acid groups (broad SMARTS) is 1. The molecule has 0 aliphatic heterocycles. The van der Waals surface area contributed by atoms with Crippen molar-refractivity contribution < 1.29 is 9.90 Å². The third-order valence-corrected chi connectivity index (χ3v) is 3.26. The topological polar surface area (TPSA) is 79.5 Å². The Morgan fingerprint density at radius 2 is 2.05 bits per heavy atom. The van der Waals surface area contributed by atoms with E-state index in [1.54, 1.807) is 23.6 Å². The van der Waals surface area contributed by atoms with Crippen LogP contribution in [-0.2, 0) is 0 Å². The predicted molar refractivity (Wildman–Crippen MR) is 79.1 cm³/mol. The molecular weight excluding hydrogens is 268 g/mol. The minimum atomic E-state index is -0.939. The van der Waals surface area contributed by atoms with Crippen LogP contribution in [0.2, 0.25) is 0 Å². The lowest BCUT2D eigenvalue weighted by molar-refractivity contribution is 0.0696. The van der Waals surface area contributed by atoms with Crippen LogP contribution < -0.4 is 5.32 Å². The van der Waals surface area contributed by atoms with Crippen LogP contribution in [0, 0.1) is 13.8 Å². The number of aryl methyl sites for hydroxylation is 2. The van der Waals surface area contributed by atoms with Gasteiger partial charge in [0.05, 0.1) is 5.56 Å². The zero-order chi connectivity index (χ0) is 15.0. The summed E-state index contributed by atoms with van der Waals surface area (Å²) in [5.41, 5.74) is 3.48. The van der Waals surface area contributed by atoms with Gasteiger partial charge in [-0.1, -0.05) is 6.07 Å². The van der Waals surface area contributed by atoms with E-state index in [-0.39, 0.29) is 5.56 Å². The van der Waals surface area contributed by atoms with Crippen LogP contribution in [0.25, 0.3) is 5.65 Å². The molecule has 2 N–H and O–H groups in total. The highest BCUT2D eigenvalue weighted by atomic mass is 16.4. The molecule has 0 amide bonds. The summed E-state index contributed by atoms with van der Waals surface area (Å²) < 4.78 is 1.67. The Morgan fingerprint density at radius 3 is 2.81 bits per heavy atom. The number of aromatic nitrogens is 3. The molecule has 106 valence electrons. The number of rotatable bonds is 3. The summed E-state index contributed by atoms with van der Waals surface area (Å²) in [6.07, 6.45) is 1.48. The van der Waals surface area contributed by atoms with Crippen molar-refractivity contribution in [2.24, 2.45) is 0 Å². The number of hydrogen-bond donors (Lipinski definition) is 2. The maximum Gasteiger partial charge on any atom is 0.336 e. The van der Waals surface area contributed by atoms with Crippen molar-refractivity contribution in [2.45, 2.75) is 13.8 Å². The zero-order valence-corrected chi connectivity index (χ0v) is 11.7. The highest BCUT2D eigenvalue weighted by molar-refractivity contribution is 5.90. The average molecular weight is 282 g/mol. The van der Waals surface area contributed by atoms with Gasteiger partial charge in [-0.25, -0.2) is 9.78 Å². The quantitative estimate of drug-likeness (QED) is 0.772. The van der Waals surface area contributed by atoms with E-state index in [2.05, 4.69) is 15.4 Å². The van der Waals surface area contributed by atoms with Gasteiger partial charge >= 0.3 is 5.97 Å². The molecule has 0 unspecified atom stereocenters. The van der Waals surface area contributed by atoms with E-state index < -0.39 is 5.97 Å². The predicted octanol–water partition coefficient (Wildman–Crippen LogP) is 2.79. The number of nitrogens with zero attached hydrogens (tertiary/aromatic N) is 3. The van der Waals surface area contributed by atoms with Gasteiger partial charge in [-0.05, 0) is 49.2 Å². The molecule has 0 saturated heterocycles. The van der Waals surface area contributed by atoms with Gasteiger partial charge in [-0.2, -0.15) is 9.61 Å². The van der Waals surface area contributed by atoms with Crippen molar-refractivity contribution in [3.05, 3.63) is 53.3 Å². The fraction of sp³-hybridized carbons (Fsp3) is 0.133. The Labute approximate surface area is 121 Å². The van der Waals surface area contributed by atoms with Gasteiger partial charge in [-0.15, -0.1) is 0 Å². The first kappa shape index (κ1) is 13.1. The molecule has 3 aromatic rings. The lowest BCUT2D eigenvalue weighted by Gasteiger charge is -2.11. The highest BCUT2D eigenvalue weighted by Gasteiger charge is 2.09. The van der Waals surface area contributed by atoms with E-state index in [0.717, 1.165) is 22.6 Å². The normalized spacial score (nSPS) is 10.8. The molecular formula is C15H14N4O2. The maximum absolute atomic E-state index is 11.2. The monoisotopic (exact) mass is 282 g/mol. The van der Waals surface area contributed by atoms with Crippen molar-refractivity contribution in [3.63, 3.8) is 0 Å². The molecule has 0 aliphatic rings. The molecule has 0 spiro atoms. The summed E-state index contributed by atoms with van der Waals surface area (Å²) in [6.45, 7) is 3.74. The number of carbonyl (C=O) groups is 1. The molecule has 2 heterocycles. The third-order valence-electron chi connectivity index (χ3n) is 3.26. The lowest BCUT2D eigenvalue weighted by atomic mass is 10.1. The molecule has 3 rings (SSSR count). The van der Waals surface area contributed by atoms with Crippen LogP contribution in [0.15, 0.2) is 36.7 Å².